The molecule has 2 atom stereocenters. The Morgan fingerprint density at radius 1 is 0.385 bits per heavy atom. The fourth-order valence-electron chi connectivity index (χ4n) is 7.27. The summed E-state index contributed by atoms with van der Waals surface area (Å²) in [5.74, 6) is 1.82. The minimum Gasteiger partial charge on any atom is -0.481 e. The summed E-state index contributed by atoms with van der Waals surface area (Å²) in [5, 5.41) is 17.0. The van der Waals surface area contributed by atoms with E-state index in [1.807, 2.05) is 0 Å². The molecule has 0 fully saturated rings. The van der Waals surface area contributed by atoms with Crippen molar-refractivity contribution in [2.75, 3.05) is 53.5 Å². The van der Waals surface area contributed by atoms with Gasteiger partial charge in [0.15, 0.2) is 11.8 Å². The molecule has 0 aromatic carbocycles. The molecule has 0 radical (unpaired) electrons. The fraction of sp³-hybridized carbons (Fsp3) is 0.957. The molecule has 0 aromatic heterocycles. The molecule has 0 saturated heterocycles. The number of ether oxygens (including phenoxy) is 2. The molecular weight excluding hydrogens is 641 g/mol. The molecule has 0 heterocycles. The lowest BCUT2D eigenvalue weighted by atomic mass is 9.95. The number of hydrogen-bond acceptors (Lipinski definition) is 6. The van der Waals surface area contributed by atoms with Crippen molar-refractivity contribution in [3.63, 3.8) is 0 Å². The summed E-state index contributed by atoms with van der Waals surface area (Å²) in [6.07, 6.45) is 37.5. The minimum atomic E-state index is 0.344. The summed E-state index contributed by atoms with van der Waals surface area (Å²) in [7, 11) is 4.39. The van der Waals surface area contributed by atoms with Gasteiger partial charge in [-0.25, -0.2) is 0 Å². The first-order valence-electron chi connectivity index (χ1n) is 23.2. The first kappa shape index (κ1) is 50.9. The molecule has 0 amide bonds. The van der Waals surface area contributed by atoms with Crippen molar-refractivity contribution in [1.82, 2.24) is 9.80 Å². The molecular formula is C46H94N4O2. The highest BCUT2D eigenvalue weighted by Gasteiger charge is 2.16. The van der Waals surface area contributed by atoms with Gasteiger partial charge in [-0.05, 0) is 78.6 Å². The van der Waals surface area contributed by atoms with Gasteiger partial charge >= 0.3 is 0 Å². The van der Waals surface area contributed by atoms with Crippen LogP contribution in [0.15, 0.2) is 0 Å². The van der Waals surface area contributed by atoms with Gasteiger partial charge < -0.3 is 19.3 Å². The summed E-state index contributed by atoms with van der Waals surface area (Å²) in [6, 6.07) is 0. The zero-order valence-electron chi connectivity index (χ0n) is 36.3. The number of nitrogens with one attached hydrogen (secondary N) is 2. The van der Waals surface area contributed by atoms with E-state index in [1.165, 1.54) is 174 Å². The van der Waals surface area contributed by atoms with Gasteiger partial charge in [-0.15, -0.1) is 0 Å². The van der Waals surface area contributed by atoms with Gasteiger partial charge in [0.25, 0.3) is 0 Å². The molecule has 0 bridgehead atoms. The summed E-state index contributed by atoms with van der Waals surface area (Å²) in [4.78, 5) is 5.04. The Bertz CT molecular complexity index is 705. The zero-order chi connectivity index (χ0) is 38.3. The summed E-state index contributed by atoms with van der Waals surface area (Å²) in [6.45, 7) is 15.3. The lowest BCUT2D eigenvalue weighted by Crippen LogP contribution is -2.33. The van der Waals surface area contributed by atoms with E-state index in [9.17, 15) is 0 Å². The van der Waals surface area contributed by atoms with Crippen molar-refractivity contribution in [3.05, 3.63) is 0 Å². The quantitative estimate of drug-likeness (QED) is 0.0373. The lowest BCUT2D eigenvalue weighted by Gasteiger charge is -2.24. The molecule has 310 valence electrons. The summed E-state index contributed by atoms with van der Waals surface area (Å²) >= 11 is 0. The molecule has 0 rings (SSSR count). The maximum absolute atomic E-state index is 8.50. The molecule has 0 spiro atoms. The van der Waals surface area contributed by atoms with E-state index < -0.39 is 0 Å². The highest BCUT2D eigenvalue weighted by atomic mass is 16.5. The van der Waals surface area contributed by atoms with Gasteiger partial charge in [0.1, 0.15) is 0 Å². The zero-order valence-corrected chi connectivity index (χ0v) is 36.3. The van der Waals surface area contributed by atoms with Crippen LogP contribution >= 0.6 is 0 Å². The smallest absolute Gasteiger partial charge is 0.183 e. The van der Waals surface area contributed by atoms with Crippen LogP contribution in [0.25, 0.3) is 0 Å². The second-order valence-electron chi connectivity index (χ2n) is 16.4. The molecule has 52 heavy (non-hydrogen) atoms. The number of nitrogens with zero attached hydrogens (tertiary/aromatic N) is 2. The Kier molecular flexibility index (Phi) is 38.7. The molecule has 0 aliphatic rings. The highest BCUT2D eigenvalue weighted by Crippen LogP contribution is 2.21. The van der Waals surface area contributed by atoms with E-state index in [0.717, 1.165) is 58.3 Å². The van der Waals surface area contributed by atoms with Crippen LogP contribution in [0.5, 0.6) is 0 Å². The van der Waals surface area contributed by atoms with Crippen LogP contribution in [0.2, 0.25) is 0 Å². The van der Waals surface area contributed by atoms with Crippen LogP contribution in [-0.4, -0.2) is 75.1 Å². The molecule has 0 aliphatic heterocycles. The average Bonchev–Trinajstić information content (AvgIpc) is 3.13. The maximum Gasteiger partial charge on any atom is 0.183 e. The molecule has 6 nitrogen and oxygen atoms in total. The predicted molar refractivity (Wildman–Crippen MR) is 231 cm³/mol. The van der Waals surface area contributed by atoms with E-state index in [1.54, 1.807) is 0 Å². The summed E-state index contributed by atoms with van der Waals surface area (Å²) in [5.41, 5.74) is 0. The molecule has 1 unspecified atom stereocenters. The fourth-order valence-corrected chi connectivity index (χ4v) is 7.27. The summed E-state index contributed by atoms with van der Waals surface area (Å²) < 4.78 is 11.9. The molecule has 0 saturated carbocycles. The second kappa shape index (κ2) is 39.6. The Morgan fingerprint density at radius 3 is 1.08 bits per heavy atom. The first-order chi connectivity index (χ1) is 25.4. The van der Waals surface area contributed by atoms with Crippen molar-refractivity contribution in [3.8, 4) is 0 Å². The standard InChI is InChI=1S/C46H94N4O2/c1-7-11-15-27-35-43(33-13-9-3)45(47)51-41-31-25-21-17-19-23-29-37-50(40-39-49(5)6)38-30-24-20-18-22-26-32-42-52-46(48)44(34-14-10-4)36-28-16-12-8-2/h43-44,47-48H,7-42H2,1-6H3/t43-,44?/m1/s1. The van der Waals surface area contributed by atoms with Crippen molar-refractivity contribution in [2.24, 2.45) is 11.8 Å². The third kappa shape index (κ3) is 33.4. The number of hydrogen-bond donors (Lipinski definition) is 2. The Balaban J connectivity index is 4.00. The largest absolute Gasteiger partial charge is 0.481 e. The predicted octanol–water partition coefficient (Wildman–Crippen LogP) is 13.9. The van der Waals surface area contributed by atoms with Crippen LogP contribution < -0.4 is 0 Å². The van der Waals surface area contributed by atoms with Crippen LogP contribution in [0.3, 0.4) is 0 Å². The van der Waals surface area contributed by atoms with Crippen molar-refractivity contribution < 1.29 is 9.47 Å². The lowest BCUT2D eigenvalue weighted by molar-refractivity contribution is 0.231. The third-order valence-electron chi connectivity index (χ3n) is 11.0. The topological polar surface area (TPSA) is 72.6 Å². The van der Waals surface area contributed by atoms with Crippen molar-refractivity contribution >= 4 is 11.8 Å². The normalized spacial score (nSPS) is 12.8. The monoisotopic (exact) mass is 735 g/mol. The Morgan fingerprint density at radius 2 is 0.712 bits per heavy atom. The Labute approximate surface area is 326 Å². The maximum atomic E-state index is 8.50. The number of unbranched alkanes of at least 4 members (excludes halogenated alkanes) is 20. The van der Waals surface area contributed by atoms with Gasteiger partial charge in [0.2, 0.25) is 0 Å². The molecule has 2 N–H and O–H groups in total. The highest BCUT2D eigenvalue weighted by molar-refractivity contribution is 5.75. The van der Waals surface area contributed by atoms with E-state index in [0.29, 0.717) is 23.6 Å². The van der Waals surface area contributed by atoms with Crippen LogP contribution in [0.4, 0.5) is 0 Å². The Hall–Kier alpha value is -1.14. The van der Waals surface area contributed by atoms with E-state index in [-0.39, 0.29) is 0 Å². The van der Waals surface area contributed by atoms with Gasteiger partial charge in [-0.2, -0.15) is 0 Å². The second-order valence-corrected chi connectivity index (χ2v) is 16.4. The van der Waals surface area contributed by atoms with E-state index in [2.05, 4.69) is 51.6 Å². The number of likely N-dealkylation sites (N-methyl/N-ethyl adjacent to an activating group) is 1. The van der Waals surface area contributed by atoms with Gasteiger partial charge in [0.05, 0.1) is 13.2 Å². The van der Waals surface area contributed by atoms with Crippen LogP contribution in [-0.2, 0) is 9.47 Å². The van der Waals surface area contributed by atoms with E-state index >= 15 is 0 Å². The first-order valence-corrected chi connectivity index (χ1v) is 23.2. The minimum absolute atomic E-state index is 0.344. The third-order valence-corrected chi connectivity index (χ3v) is 11.0. The van der Waals surface area contributed by atoms with Crippen molar-refractivity contribution in [1.29, 1.82) is 10.8 Å². The average molecular weight is 735 g/mol. The van der Waals surface area contributed by atoms with Gasteiger partial charge in [0, 0.05) is 24.9 Å². The van der Waals surface area contributed by atoms with Crippen molar-refractivity contribution in [2.45, 2.75) is 220 Å². The van der Waals surface area contributed by atoms with Crippen LogP contribution in [0.1, 0.15) is 220 Å². The number of rotatable bonds is 41. The molecule has 0 aliphatic carbocycles. The van der Waals surface area contributed by atoms with Gasteiger partial charge in [-0.1, -0.05) is 169 Å². The molecule has 0 aromatic rings. The molecule has 6 heteroatoms. The SMILES string of the molecule is CCCCCCC(CCCC)C(=N)OCCCCCCCCCN(CCCCCCCCCOC(=N)[C@H](CCCC)CCCCCC)CCN(C)C. The van der Waals surface area contributed by atoms with E-state index in [4.69, 9.17) is 20.3 Å². The van der Waals surface area contributed by atoms with Gasteiger partial charge in [-0.3, -0.25) is 10.8 Å². The van der Waals surface area contributed by atoms with Crippen LogP contribution in [0, 0.1) is 22.7 Å².